The molecule has 0 heterocycles. The van der Waals surface area contributed by atoms with Crippen LogP contribution in [-0.2, 0) is 0 Å². The molecule has 0 bridgehead atoms. The molecule has 0 aromatic heterocycles. The Labute approximate surface area is 69.5 Å². The highest BCUT2D eigenvalue weighted by atomic mass is 15.2. The summed E-state index contributed by atoms with van der Waals surface area (Å²) in [4.78, 5) is 0. The predicted octanol–water partition coefficient (Wildman–Crippen LogP) is 1.66. The Morgan fingerprint density at radius 2 is 1.73 bits per heavy atom. The highest BCUT2D eigenvalue weighted by molar-refractivity contribution is 4.76. The van der Waals surface area contributed by atoms with Gasteiger partial charge in [-0.15, -0.1) is 0 Å². The fraction of sp³-hybridized carbons (Fsp3) is 1.00. The summed E-state index contributed by atoms with van der Waals surface area (Å²) in [6.45, 7) is 4.63. The van der Waals surface area contributed by atoms with Crippen molar-refractivity contribution >= 4 is 0 Å². The monoisotopic (exact) mass is 156 g/mol. The van der Waals surface area contributed by atoms with E-state index < -0.39 is 0 Å². The summed E-state index contributed by atoms with van der Waals surface area (Å²) in [6.07, 6.45) is 5.29. The highest BCUT2D eigenvalue weighted by Gasteiger charge is 2.20. The molecule has 3 N–H and O–H groups in total. The van der Waals surface area contributed by atoms with E-state index in [4.69, 9.17) is 5.84 Å². The Hall–Kier alpha value is -0.0800. The number of hydrogen-bond donors (Lipinski definition) is 2. The molecule has 1 aliphatic carbocycles. The summed E-state index contributed by atoms with van der Waals surface area (Å²) < 4.78 is 0. The van der Waals surface area contributed by atoms with Gasteiger partial charge in [-0.3, -0.25) is 11.3 Å². The Kier molecular flexibility index (Phi) is 3.34. The predicted molar refractivity (Wildman–Crippen MR) is 47.9 cm³/mol. The molecule has 2 unspecified atom stereocenters. The van der Waals surface area contributed by atoms with Crippen molar-refractivity contribution < 1.29 is 0 Å². The zero-order valence-electron chi connectivity index (χ0n) is 7.64. The summed E-state index contributed by atoms with van der Waals surface area (Å²) in [5.41, 5.74) is 2.91. The van der Waals surface area contributed by atoms with Gasteiger partial charge in [-0.1, -0.05) is 20.3 Å². The minimum absolute atomic E-state index is 0.556. The normalized spacial score (nSPS) is 40.1. The molecule has 0 spiro atoms. The van der Waals surface area contributed by atoms with Crippen LogP contribution < -0.4 is 11.3 Å². The molecule has 1 aliphatic rings. The second-order valence-electron chi connectivity index (χ2n) is 4.01. The largest absolute Gasteiger partial charge is 0.271 e. The van der Waals surface area contributed by atoms with Crippen LogP contribution in [0.5, 0.6) is 0 Å². The van der Waals surface area contributed by atoms with Crippen molar-refractivity contribution in [1.29, 1.82) is 0 Å². The second kappa shape index (κ2) is 4.07. The minimum Gasteiger partial charge on any atom is -0.271 e. The number of rotatable bonds is 1. The van der Waals surface area contributed by atoms with Crippen molar-refractivity contribution in [3.63, 3.8) is 0 Å². The average molecular weight is 156 g/mol. The van der Waals surface area contributed by atoms with Gasteiger partial charge in [0.2, 0.25) is 0 Å². The lowest BCUT2D eigenvalue weighted by molar-refractivity contribution is 0.363. The van der Waals surface area contributed by atoms with Crippen molar-refractivity contribution in [1.82, 2.24) is 5.43 Å². The SMILES string of the molecule is CC1CCC(C)[C@@H](NN)CC1. The molecule has 0 amide bonds. The number of nitrogens with one attached hydrogen (secondary N) is 1. The van der Waals surface area contributed by atoms with Crippen LogP contribution in [-0.4, -0.2) is 6.04 Å². The molecule has 0 saturated heterocycles. The van der Waals surface area contributed by atoms with Crippen LogP contribution in [0, 0.1) is 11.8 Å². The van der Waals surface area contributed by atoms with Crippen molar-refractivity contribution in [2.45, 2.75) is 45.6 Å². The maximum Gasteiger partial charge on any atom is 0.0236 e. The van der Waals surface area contributed by atoms with Crippen LogP contribution in [0.15, 0.2) is 0 Å². The number of nitrogens with two attached hydrogens (primary N) is 1. The fourth-order valence-electron chi connectivity index (χ4n) is 1.89. The van der Waals surface area contributed by atoms with Gasteiger partial charge in [-0.25, -0.2) is 0 Å². The second-order valence-corrected chi connectivity index (χ2v) is 4.01. The summed E-state index contributed by atoms with van der Waals surface area (Å²) in [7, 11) is 0. The van der Waals surface area contributed by atoms with E-state index in [2.05, 4.69) is 19.3 Å². The van der Waals surface area contributed by atoms with E-state index in [0.717, 1.165) is 11.8 Å². The number of hydrazine groups is 1. The molecule has 0 aliphatic heterocycles. The van der Waals surface area contributed by atoms with E-state index in [9.17, 15) is 0 Å². The first-order valence-electron chi connectivity index (χ1n) is 4.70. The van der Waals surface area contributed by atoms with E-state index in [1.54, 1.807) is 0 Å². The summed E-state index contributed by atoms with van der Waals surface area (Å²) in [5, 5.41) is 0. The fourth-order valence-corrected chi connectivity index (χ4v) is 1.89. The molecule has 2 nitrogen and oxygen atoms in total. The van der Waals surface area contributed by atoms with Crippen LogP contribution in [0.4, 0.5) is 0 Å². The van der Waals surface area contributed by atoms with Gasteiger partial charge in [0.05, 0.1) is 0 Å². The van der Waals surface area contributed by atoms with Crippen LogP contribution in [0.3, 0.4) is 0 Å². The molecule has 1 saturated carbocycles. The van der Waals surface area contributed by atoms with Crippen LogP contribution >= 0.6 is 0 Å². The Morgan fingerprint density at radius 1 is 1.09 bits per heavy atom. The quantitative estimate of drug-likeness (QED) is 0.344. The van der Waals surface area contributed by atoms with Gasteiger partial charge < -0.3 is 0 Å². The standard InChI is InChI=1S/C9H20N2/c1-7-3-5-8(2)9(11-10)6-4-7/h7-9,11H,3-6,10H2,1-2H3/t7?,8?,9-/m0/s1. The van der Waals surface area contributed by atoms with Crippen molar-refractivity contribution in [2.75, 3.05) is 0 Å². The van der Waals surface area contributed by atoms with Gasteiger partial charge in [0.15, 0.2) is 0 Å². The van der Waals surface area contributed by atoms with Gasteiger partial charge in [-0.2, -0.15) is 0 Å². The molecule has 66 valence electrons. The third-order valence-electron chi connectivity index (χ3n) is 2.99. The van der Waals surface area contributed by atoms with Crippen molar-refractivity contribution in [2.24, 2.45) is 17.7 Å². The summed E-state index contributed by atoms with van der Waals surface area (Å²) in [5.74, 6) is 7.11. The lowest BCUT2D eigenvalue weighted by Gasteiger charge is -2.19. The first kappa shape index (κ1) is 9.01. The highest BCUT2D eigenvalue weighted by Crippen LogP contribution is 2.26. The zero-order valence-corrected chi connectivity index (χ0v) is 7.64. The molecule has 1 rings (SSSR count). The molecule has 0 radical (unpaired) electrons. The van der Waals surface area contributed by atoms with Gasteiger partial charge in [0, 0.05) is 6.04 Å². The third kappa shape index (κ3) is 2.46. The third-order valence-corrected chi connectivity index (χ3v) is 2.99. The van der Waals surface area contributed by atoms with E-state index in [1.807, 2.05) is 0 Å². The van der Waals surface area contributed by atoms with Crippen LogP contribution in [0.2, 0.25) is 0 Å². The lowest BCUT2D eigenvalue weighted by atomic mass is 9.98. The molecular formula is C9H20N2. The van der Waals surface area contributed by atoms with Crippen LogP contribution in [0.25, 0.3) is 0 Å². The van der Waals surface area contributed by atoms with Crippen molar-refractivity contribution in [3.8, 4) is 0 Å². The van der Waals surface area contributed by atoms with Gasteiger partial charge in [0.25, 0.3) is 0 Å². The smallest absolute Gasteiger partial charge is 0.0236 e. The molecule has 1 fully saturated rings. The minimum atomic E-state index is 0.556. The maximum atomic E-state index is 5.46. The molecular weight excluding hydrogens is 136 g/mol. The average Bonchev–Trinajstić information content (AvgIpc) is 2.15. The molecule has 2 heteroatoms. The molecule has 0 aromatic carbocycles. The number of hydrogen-bond acceptors (Lipinski definition) is 2. The molecule has 3 atom stereocenters. The first-order valence-corrected chi connectivity index (χ1v) is 4.70. The van der Waals surface area contributed by atoms with E-state index in [0.29, 0.717) is 6.04 Å². The van der Waals surface area contributed by atoms with Gasteiger partial charge >= 0.3 is 0 Å². The van der Waals surface area contributed by atoms with E-state index in [1.165, 1.54) is 25.7 Å². The summed E-state index contributed by atoms with van der Waals surface area (Å²) >= 11 is 0. The van der Waals surface area contributed by atoms with Crippen LogP contribution in [0.1, 0.15) is 39.5 Å². The van der Waals surface area contributed by atoms with Gasteiger partial charge in [-0.05, 0) is 31.1 Å². The Balaban J connectivity index is 2.41. The van der Waals surface area contributed by atoms with E-state index in [-0.39, 0.29) is 0 Å². The lowest BCUT2D eigenvalue weighted by Crippen LogP contribution is -2.39. The Morgan fingerprint density at radius 3 is 2.36 bits per heavy atom. The van der Waals surface area contributed by atoms with E-state index >= 15 is 0 Å². The summed E-state index contributed by atoms with van der Waals surface area (Å²) in [6, 6.07) is 0.556. The maximum absolute atomic E-state index is 5.46. The Bertz CT molecular complexity index is 114. The van der Waals surface area contributed by atoms with Crippen molar-refractivity contribution in [3.05, 3.63) is 0 Å². The van der Waals surface area contributed by atoms with Gasteiger partial charge in [0.1, 0.15) is 0 Å². The molecule has 11 heavy (non-hydrogen) atoms. The topological polar surface area (TPSA) is 38.0 Å². The first-order chi connectivity index (χ1) is 5.24. The zero-order chi connectivity index (χ0) is 8.27. The molecule has 0 aromatic rings.